The van der Waals surface area contributed by atoms with Gasteiger partial charge in [-0.15, -0.1) is 0 Å². The zero-order chi connectivity index (χ0) is 23.5. The van der Waals surface area contributed by atoms with Crippen LogP contribution in [0, 0.1) is 19.7 Å². The van der Waals surface area contributed by atoms with Crippen LogP contribution in [0.3, 0.4) is 0 Å². The van der Waals surface area contributed by atoms with Gasteiger partial charge in [0.05, 0.1) is 28.6 Å². The number of carbonyl (C=O) groups is 1. The van der Waals surface area contributed by atoms with Crippen LogP contribution in [0.2, 0.25) is 10.0 Å². The Bertz CT molecular complexity index is 1320. The van der Waals surface area contributed by atoms with E-state index in [2.05, 4.69) is 15.5 Å². The van der Waals surface area contributed by atoms with Crippen molar-refractivity contribution >= 4 is 34.8 Å². The van der Waals surface area contributed by atoms with Gasteiger partial charge in [0.2, 0.25) is 0 Å². The maximum Gasteiger partial charge on any atom is 0.276 e. The number of rotatable bonds is 7. The molecule has 0 aliphatic carbocycles. The van der Waals surface area contributed by atoms with Crippen molar-refractivity contribution in [3.63, 3.8) is 0 Å². The third kappa shape index (κ3) is 5.18. The average molecular weight is 488 g/mol. The molecule has 1 N–H and O–H groups in total. The van der Waals surface area contributed by atoms with Gasteiger partial charge >= 0.3 is 0 Å². The molecule has 0 fully saturated rings. The SMILES string of the molecule is Cc1nn(Cc2ccc(F)cc2Cl)c(C)c1NC(=O)c1ccn(COc2ccccc2Cl)n1. The van der Waals surface area contributed by atoms with Crippen LogP contribution >= 0.6 is 23.2 Å². The highest BCUT2D eigenvalue weighted by Crippen LogP contribution is 2.25. The fraction of sp³-hybridized carbons (Fsp3) is 0.174. The maximum atomic E-state index is 13.3. The number of amides is 1. The van der Waals surface area contributed by atoms with Gasteiger partial charge in [-0.05, 0) is 49.7 Å². The zero-order valence-electron chi connectivity index (χ0n) is 17.8. The summed E-state index contributed by atoms with van der Waals surface area (Å²) < 4.78 is 22.2. The number of aromatic nitrogens is 4. The Morgan fingerprint density at radius 3 is 2.64 bits per heavy atom. The minimum Gasteiger partial charge on any atom is -0.470 e. The number of nitrogens with one attached hydrogen (secondary N) is 1. The number of nitrogens with zero attached hydrogens (tertiary/aromatic N) is 4. The first-order valence-electron chi connectivity index (χ1n) is 10.0. The molecule has 0 saturated carbocycles. The summed E-state index contributed by atoms with van der Waals surface area (Å²) >= 11 is 12.2. The van der Waals surface area contributed by atoms with Crippen LogP contribution in [-0.2, 0) is 13.3 Å². The molecule has 2 aromatic carbocycles. The van der Waals surface area contributed by atoms with Gasteiger partial charge in [0.1, 0.15) is 11.6 Å². The second-order valence-electron chi connectivity index (χ2n) is 7.34. The van der Waals surface area contributed by atoms with Crippen molar-refractivity contribution < 1.29 is 13.9 Å². The number of halogens is 3. The molecule has 0 atom stereocenters. The Balaban J connectivity index is 1.44. The molecule has 0 aliphatic rings. The highest BCUT2D eigenvalue weighted by molar-refractivity contribution is 6.32. The molecule has 0 radical (unpaired) electrons. The topological polar surface area (TPSA) is 74.0 Å². The van der Waals surface area contributed by atoms with Gasteiger partial charge in [0.15, 0.2) is 12.4 Å². The Labute approximate surface area is 199 Å². The number of carbonyl (C=O) groups excluding carboxylic acids is 1. The minimum absolute atomic E-state index is 0.103. The zero-order valence-corrected chi connectivity index (χ0v) is 19.4. The van der Waals surface area contributed by atoms with Crippen molar-refractivity contribution in [3.05, 3.63) is 93.2 Å². The van der Waals surface area contributed by atoms with Crippen molar-refractivity contribution in [1.29, 1.82) is 0 Å². The molecule has 7 nitrogen and oxygen atoms in total. The van der Waals surface area contributed by atoms with E-state index in [4.69, 9.17) is 27.9 Å². The number of hydrogen-bond acceptors (Lipinski definition) is 4. The second-order valence-corrected chi connectivity index (χ2v) is 8.15. The lowest BCUT2D eigenvalue weighted by molar-refractivity contribution is 0.102. The summed E-state index contributed by atoms with van der Waals surface area (Å²) in [5.41, 5.74) is 2.91. The van der Waals surface area contributed by atoms with Crippen molar-refractivity contribution in [1.82, 2.24) is 19.6 Å². The summed E-state index contributed by atoms with van der Waals surface area (Å²) in [4.78, 5) is 12.8. The van der Waals surface area contributed by atoms with Gasteiger partial charge < -0.3 is 10.1 Å². The second kappa shape index (κ2) is 9.64. The molecule has 0 spiro atoms. The highest BCUT2D eigenvalue weighted by Gasteiger charge is 2.18. The van der Waals surface area contributed by atoms with E-state index in [1.807, 2.05) is 19.1 Å². The molecule has 2 aromatic heterocycles. The van der Waals surface area contributed by atoms with Gasteiger partial charge in [-0.2, -0.15) is 10.2 Å². The Morgan fingerprint density at radius 2 is 1.88 bits per heavy atom. The quantitative estimate of drug-likeness (QED) is 0.374. The normalized spacial score (nSPS) is 10.9. The molecule has 1 amide bonds. The van der Waals surface area contributed by atoms with Crippen molar-refractivity contribution in [2.75, 3.05) is 5.32 Å². The van der Waals surface area contributed by atoms with E-state index in [-0.39, 0.29) is 18.3 Å². The molecule has 0 unspecified atom stereocenters. The molecule has 0 aliphatic heterocycles. The van der Waals surface area contributed by atoms with Crippen LogP contribution in [0.4, 0.5) is 10.1 Å². The molecule has 10 heteroatoms. The number of ether oxygens (including phenoxy) is 1. The van der Waals surface area contributed by atoms with E-state index in [0.29, 0.717) is 33.7 Å². The third-order valence-electron chi connectivity index (χ3n) is 5.02. The van der Waals surface area contributed by atoms with Gasteiger partial charge in [-0.3, -0.25) is 9.48 Å². The van der Waals surface area contributed by atoms with Gasteiger partial charge in [0, 0.05) is 11.2 Å². The van der Waals surface area contributed by atoms with Crippen LogP contribution in [0.25, 0.3) is 0 Å². The number of benzene rings is 2. The third-order valence-corrected chi connectivity index (χ3v) is 5.68. The molecular formula is C23H20Cl2FN5O2. The maximum absolute atomic E-state index is 13.3. The number of aryl methyl sites for hydroxylation is 1. The van der Waals surface area contributed by atoms with Crippen LogP contribution in [-0.4, -0.2) is 25.5 Å². The van der Waals surface area contributed by atoms with Crippen LogP contribution < -0.4 is 10.1 Å². The predicted octanol–water partition coefficient (Wildman–Crippen LogP) is 5.48. The Kier molecular flexibility index (Phi) is 6.67. The number of para-hydroxylation sites is 1. The summed E-state index contributed by atoms with van der Waals surface area (Å²) in [6, 6.07) is 12.9. The Hall–Kier alpha value is -3.36. The van der Waals surface area contributed by atoms with Gasteiger partial charge in [-0.1, -0.05) is 41.4 Å². The molecule has 0 bridgehead atoms. The summed E-state index contributed by atoms with van der Waals surface area (Å²) in [5.74, 6) is -0.251. The Morgan fingerprint density at radius 1 is 1.09 bits per heavy atom. The van der Waals surface area contributed by atoms with Gasteiger partial charge in [0.25, 0.3) is 5.91 Å². The number of anilines is 1. The molecule has 2 heterocycles. The fourth-order valence-electron chi connectivity index (χ4n) is 3.27. The summed E-state index contributed by atoms with van der Waals surface area (Å²) in [5, 5.41) is 12.4. The standard InChI is InChI=1S/C23H20Cl2FN5O2/c1-14-22(15(2)31(28-14)12-16-7-8-17(26)11-19(16)25)27-23(32)20-9-10-30(29-20)13-33-21-6-4-3-5-18(21)24/h3-11H,12-13H2,1-2H3,(H,27,32). The minimum atomic E-state index is -0.401. The van der Waals surface area contributed by atoms with E-state index in [1.54, 1.807) is 42.1 Å². The average Bonchev–Trinajstić information content (AvgIpc) is 3.35. The monoisotopic (exact) mass is 487 g/mol. The van der Waals surface area contributed by atoms with E-state index in [1.165, 1.54) is 16.8 Å². The first-order chi connectivity index (χ1) is 15.8. The van der Waals surface area contributed by atoms with E-state index < -0.39 is 5.82 Å². The van der Waals surface area contributed by atoms with Crippen molar-refractivity contribution in [2.24, 2.45) is 0 Å². The number of hydrogen-bond donors (Lipinski definition) is 1. The summed E-state index contributed by atoms with van der Waals surface area (Å²) in [7, 11) is 0. The van der Waals surface area contributed by atoms with E-state index in [0.717, 1.165) is 11.3 Å². The molecule has 0 saturated heterocycles. The lowest BCUT2D eigenvalue weighted by Gasteiger charge is -2.08. The van der Waals surface area contributed by atoms with Crippen LogP contribution in [0.15, 0.2) is 54.7 Å². The van der Waals surface area contributed by atoms with Crippen LogP contribution in [0.5, 0.6) is 5.75 Å². The molecule has 170 valence electrons. The lowest BCUT2D eigenvalue weighted by Crippen LogP contribution is -2.15. The predicted molar refractivity (Wildman–Crippen MR) is 124 cm³/mol. The first-order valence-corrected chi connectivity index (χ1v) is 10.8. The summed E-state index contributed by atoms with van der Waals surface area (Å²) in [6.45, 7) is 4.08. The largest absolute Gasteiger partial charge is 0.470 e. The van der Waals surface area contributed by atoms with Crippen molar-refractivity contribution in [3.8, 4) is 5.75 Å². The molecule has 4 aromatic rings. The highest BCUT2D eigenvalue weighted by atomic mass is 35.5. The van der Waals surface area contributed by atoms with Gasteiger partial charge in [-0.25, -0.2) is 9.07 Å². The van der Waals surface area contributed by atoms with Crippen molar-refractivity contribution in [2.45, 2.75) is 27.1 Å². The smallest absolute Gasteiger partial charge is 0.276 e. The molecule has 33 heavy (non-hydrogen) atoms. The fourth-order valence-corrected chi connectivity index (χ4v) is 3.69. The molecule has 4 rings (SSSR count). The van der Waals surface area contributed by atoms with Crippen LogP contribution in [0.1, 0.15) is 27.4 Å². The van der Waals surface area contributed by atoms with E-state index >= 15 is 0 Å². The summed E-state index contributed by atoms with van der Waals surface area (Å²) in [6.07, 6.45) is 1.64. The molecular weight excluding hydrogens is 468 g/mol. The first kappa shape index (κ1) is 22.8. The lowest BCUT2D eigenvalue weighted by atomic mass is 10.2. The van der Waals surface area contributed by atoms with E-state index in [9.17, 15) is 9.18 Å².